The summed E-state index contributed by atoms with van der Waals surface area (Å²) in [5.74, 6) is 0.955. The number of aryl methyl sites for hydroxylation is 1. The molecule has 1 aliphatic rings. The van der Waals surface area contributed by atoms with Gasteiger partial charge in [0.25, 0.3) is 0 Å². The zero-order valence-corrected chi connectivity index (χ0v) is 9.71. The molecule has 0 bridgehead atoms. The number of aromatic nitrogens is 2. The summed E-state index contributed by atoms with van der Waals surface area (Å²) in [6.45, 7) is 0. The molecule has 3 rings (SSSR count). The average Bonchev–Trinajstić information content (AvgIpc) is 2.93. The van der Waals surface area contributed by atoms with Gasteiger partial charge in [-0.1, -0.05) is 18.2 Å². The van der Waals surface area contributed by atoms with E-state index in [0.29, 0.717) is 0 Å². The monoisotopic (exact) mass is 229 g/mol. The minimum Gasteiger partial charge on any atom is -0.488 e. The highest BCUT2D eigenvalue weighted by Gasteiger charge is 2.29. The van der Waals surface area contributed by atoms with E-state index in [-0.39, 0.29) is 12.1 Å². The molecule has 0 amide bonds. The Hall–Kier alpha value is -1.81. The van der Waals surface area contributed by atoms with Crippen molar-refractivity contribution < 1.29 is 4.74 Å². The number of benzene rings is 1. The van der Waals surface area contributed by atoms with Gasteiger partial charge in [-0.3, -0.25) is 4.68 Å². The molecule has 2 N–H and O–H groups in total. The smallest absolute Gasteiger partial charge is 0.123 e. The van der Waals surface area contributed by atoms with Crippen LogP contribution < -0.4 is 10.5 Å². The van der Waals surface area contributed by atoms with Gasteiger partial charge in [0.15, 0.2) is 0 Å². The van der Waals surface area contributed by atoms with E-state index in [2.05, 4.69) is 11.2 Å². The van der Waals surface area contributed by atoms with Crippen molar-refractivity contribution in [2.45, 2.75) is 18.6 Å². The van der Waals surface area contributed by atoms with E-state index >= 15 is 0 Å². The van der Waals surface area contributed by atoms with Gasteiger partial charge in [0.2, 0.25) is 0 Å². The highest BCUT2D eigenvalue weighted by Crippen LogP contribution is 2.32. The minimum atomic E-state index is -0.129. The van der Waals surface area contributed by atoms with Crippen molar-refractivity contribution in [1.29, 1.82) is 0 Å². The average molecular weight is 229 g/mol. The molecule has 0 spiro atoms. The summed E-state index contributed by atoms with van der Waals surface area (Å²) >= 11 is 0. The van der Waals surface area contributed by atoms with Gasteiger partial charge in [0.1, 0.15) is 11.9 Å². The Balaban J connectivity index is 1.80. The first kappa shape index (κ1) is 10.4. The van der Waals surface area contributed by atoms with Gasteiger partial charge in [-0.2, -0.15) is 5.10 Å². The molecule has 2 heterocycles. The maximum atomic E-state index is 6.21. The molecule has 4 heteroatoms. The molecule has 1 aromatic carbocycles. The number of nitrogens with two attached hydrogens (primary N) is 1. The topological polar surface area (TPSA) is 53.1 Å². The van der Waals surface area contributed by atoms with Crippen molar-refractivity contribution in [3.8, 4) is 5.75 Å². The molecule has 2 unspecified atom stereocenters. The quantitative estimate of drug-likeness (QED) is 0.847. The second kappa shape index (κ2) is 3.89. The van der Waals surface area contributed by atoms with Crippen LogP contribution in [0.2, 0.25) is 0 Å². The third-order valence-corrected chi connectivity index (χ3v) is 3.18. The van der Waals surface area contributed by atoms with Crippen molar-refractivity contribution in [2.24, 2.45) is 12.8 Å². The largest absolute Gasteiger partial charge is 0.488 e. The standard InChI is InChI=1S/C13H15N3O/c1-16-8-10(7-15-16)13(14)12-6-9-4-2-3-5-11(9)17-12/h2-5,7-8,12-13H,6,14H2,1H3. The summed E-state index contributed by atoms with van der Waals surface area (Å²) in [5.41, 5.74) is 8.47. The summed E-state index contributed by atoms with van der Waals surface area (Å²) in [6.07, 6.45) is 4.62. The highest BCUT2D eigenvalue weighted by atomic mass is 16.5. The lowest BCUT2D eigenvalue weighted by molar-refractivity contribution is 0.200. The number of nitrogens with zero attached hydrogens (tertiary/aromatic N) is 2. The van der Waals surface area contributed by atoms with Crippen LogP contribution >= 0.6 is 0 Å². The van der Waals surface area contributed by atoms with E-state index in [0.717, 1.165) is 17.7 Å². The Bertz CT molecular complexity index is 510. The fourth-order valence-electron chi connectivity index (χ4n) is 2.24. The molecule has 0 saturated carbocycles. The Labute approximate surface area is 100 Å². The van der Waals surface area contributed by atoms with Crippen LogP contribution in [0.5, 0.6) is 5.75 Å². The highest BCUT2D eigenvalue weighted by molar-refractivity contribution is 5.38. The lowest BCUT2D eigenvalue weighted by Crippen LogP contribution is -2.29. The number of rotatable bonds is 2. The third-order valence-electron chi connectivity index (χ3n) is 3.18. The second-order valence-electron chi connectivity index (χ2n) is 4.44. The summed E-state index contributed by atoms with van der Waals surface area (Å²) < 4.78 is 7.63. The van der Waals surface area contributed by atoms with Crippen LogP contribution in [0.1, 0.15) is 17.2 Å². The van der Waals surface area contributed by atoms with Crippen LogP contribution in [0.15, 0.2) is 36.7 Å². The Morgan fingerprint density at radius 1 is 1.47 bits per heavy atom. The van der Waals surface area contributed by atoms with Crippen LogP contribution in [0.4, 0.5) is 0 Å². The SMILES string of the molecule is Cn1cc(C(N)C2Cc3ccccc3O2)cn1. The van der Waals surface area contributed by atoms with Crippen LogP contribution in [0.25, 0.3) is 0 Å². The number of fused-ring (bicyclic) bond motifs is 1. The van der Waals surface area contributed by atoms with Crippen molar-refractivity contribution in [3.05, 3.63) is 47.8 Å². The number of hydrogen-bond donors (Lipinski definition) is 1. The predicted molar refractivity (Wildman–Crippen MR) is 64.7 cm³/mol. The molecule has 17 heavy (non-hydrogen) atoms. The molecule has 1 aliphatic heterocycles. The number of ether oxygens (including phenoxy) is 1. The molecule has 0 aliphatic carbocycles. The lowest BCUT2D eigenvalue weighted by atomic mass is 10.0. The van der Waals surface area contributed by atoms with Gasteiger partial charge in [-0.15, -0.1) is 0 Å². The molecule has 0 fully saturated rings. The van der Waals surface area contributed by atoms with E-state index in [1.165, 1.54) is 5.56 Å². The Morgan fingerprint density at radius 3 is 3.00 bits per heavy atom. The second-order valence-corrected chi connectivity index (χ2v) is 4.44. The number of hydrogen-bond acceptors (Lipinski definition) is 3. The number of para-hydroxylation sites is 1. The molecule has 1 aromatic heterocycles. The van der Waals surface area contributed by atoms with Gasteiger partial charge in [-0.05, 0) is 11.6 Å². The maximum Gasteiger partial charge on any atom is 0.123 e. The van der Waals surface area contributed by atoms with Crippen molar-refractivity contribution in [2.75, 3.05) is 0 Å². The first-order chi connectivity index (χ1) is 8.24. The van der Waals surface area contributed by atoms with Crippen molar-refractivity contribution >= 4 is 0 Å². The van der Waals surface area contributed by atoms with Gasteiger partial charge in [-0.25, -0.2) is 0 Å². The Morgan fingerprint density at radius 2 is 2.29 bits per heavy atom. The van der Waals surface area contributed by atoms with E-state index < -0.39 is 0 Å². The molecule has 2 aromatic rings. The molecule has 2 atom stereocenters. The van der Waals surface area contributed by atoms with E-state index in [1.54, 1.807) is 10.9 Å². The molecule has 0 radical (unpaired) electrons. The first-order valence-electron chi connectivity index (χ1n) is 5.73. The Kier molecular flexibility index (Phi) is 2.37. The first-order valence-corrected chi connectivity index (χ1v) is 5.73. The van der Waals surface area contributed by atoms with E-state index in [4.69, 9.17) is 10.5 Å². The third kappa shape index (κ3) is 1.80. The van der Waals surface area contributed by atoms with E-state index in [9.17, 15) is 0 Å². The van der Waals surface area contributed by atoms with Crippen LogP contribution in [0.3, 0.4) is 0 Å². The van der Waals surface area contributed by atoms with Crippen LogP contribution in [-0.2, 0) is 13.5 Å². The van der Waals surface area contributed by atoms with Gasteiger partial charge in [0, 0.05) is 25.2 Å². The zero-order chi connectivity index (χ0) is 11.8. The van der Waals surface area contributed by atoms with Gasteiger partial charge < -0.3 is 10.5 Å². The van der Waals surface area contributed by atoms with Crippen LogP contribution in [-0.4, -0.2) is 15.9 Å². The summed E-state index contributed by atoms with van der Waals surface area (Å²) in [6, 6.07) is 7.96. The molecule has 88 valence electrons. The maximum absolute atomic E-state index is 6.21. The zero-order valence-electron chi connectivity index (χ0n) is 9.71. The van der Waals surface area contributed by atoms with Crippen LogP contribution in [0, 0.1) is 0 Å². The van der Waals surface area contributed by atoms with Crippen molar-refractivity contribution in [3.63, 3.8) is 0 Å². The minimum absolute atomic E-state index is 0.0107. The molecule has 4 nitrogen and oxygen atoms in total. The molecular formula is C13H15N3O. The van der Waals surface area contributed by atoms with Gasteiger partial charge in [0.05, 0.1) is 12.2 Å². The lowest BCUT2D eigenvalue weighted by Gasteiger charge is -2.17. The normalized spacial score (nSPS) is 19.8. The molecular weight excluding hydrogens is 214 g/mol. The summed E-state index contributed by atoms with van der Waals surface area (Å²) in [5, 5.41) is 4.14. The van der Waals surface area contributed by atoms with E-state index in [1.807, 2.05) is 31.4 Å². The summed E-state index contributed by atoms with van der Waals surface area (Å²) in [4.78, 5) is 0. The van der Waals surface area contributed by atoms with Gasteiger partial charge >= 0.3 is 0 Å². The molecule has 0 saturated heterocycles. The fraction of sp³-hybridized carbons (Fsp3) is 0.308. The van der Waals surface area contributed by atoms with Crippen molar-refractivity contribution in [1.82, 2.24) is 9.78 Å². The fourth-order valence-corrected chi connectivity index (χ4v) is 2.24. The predicted octanol–water partition coefficient (Wildman–Crippen LogP) is 1.42. The summed E-state index contributed by atoms with van der Waals surface area (Å²) in [7, 11) is 1.89.